The molecule has 0 radical (unpaired) electrons. The molecule has 2 nitrogen and oxygen atoms in total. The van der Waals surface area contributed by atoms with Gasteiger partial charge in [0.25, 0.3) is 0 Å². The van der Waals surface area contributed by atoms with Crippen LogP contribution in [0.4, 0.5) is 0 Å². The van der Waals surface area contributed by atoms with Gasteiger partial charge in [-0.15, -0.1) is 0 Å². The number of aromatic nitrogens is 2. The lowest BCUT2D eigenvalue weighted by Crippen LogP contribution is -1.94. The Morgan fingerprint density at radius 1 is 1.11 bits per heavy atom. The molecule has 0 spiro atoms. The molecule has 0 aliphatic rings. The number of nitrogens with one attached hydrogen (secondary N) is 1. The molecule has 0 saturated heterocycles. The second-order valence-corrected chi connectivity index (χ2v) is 4.88. The summed E-state index contributed by atoms with van der Waals surface area (Å²) in [6.07, 6.45) is 3.83. The molecule has 0 atom stereocenters. The Hall–Kier alpha value is -2.09. The van der Waals surface area contributed by atoms with Crippen LogP contribution in [0, 0.1) is 0 Å². The van der Waals surface area contributed by atoms with E-state index in [0.717, 1.165) is 5.69 Å². The number of rotatable bonds is 2. The molecule has 2 heterocycles. The van der Waals surface area contributed by atoms with Crippen molar-refractivity contribution in [1.82, 2.24) is 9.97 Å². The summed E-state index contributed by atoms with van der Waals surface area (Å²) < 4.78 is 0. The van der Waals surface area contributed by atoms with Crippen LogP contribution in [0.15, 0.2) is 48.8 Å². The molecule has 0 saturated carbocycles. The van der Waals surface area contributed by atoms with E-state index in [2.05, 4.69) is 54.1 Å². The second-order valence-electron chi connectivity index (χ2n) is 4.88. The molecule has 90 valence electrons. The standard InChI is InChI=1S/C16H16N2/c1-11(2)14-4-3-8-18-16(14)13-5-6-15-12(10-13)7-9-17-15/h3-11,17H,1-2H3. The highest BCUT2D eigenvalue weighted by Gasteiger charge is 2.09. The van der Waals surface area contributed by atoms with Gasteiger partial charge in [-0.1, -0.05) is 26.0 Å². The lowest BCUT2D eigenvalue weighted by atomic mass is 9.97. The number of nitrogens with zero attached hydrogens (tertiary/aromatic N) is 1. The van der Waals surface area contributed by atoms with Gasteiger partial charge < -0.3 is 4.98 Å². The zero-order valence-electron chi connectivity index (χ0n) is 10.6. The minimum absolute atomic E-state index is 0.482. The number of aromatic amines is 1. The van der Waals surface area contributed by atoms with E-state index in [9.17, 15) is 0 Å². The minimum atomic E-state index is 0.482. The largest absolute Gasteiger partial charge is 0.361 e. The van der Waals surface area contributed by atoms with Gasteiger partial charge in [0.15, 0.2) is 0 Å². The lowest BCUT2D eigenvalue weighted by molar-refractivity contribution is 0.861. The van der Waals surface area contributed by atoms with Crippen LogP contribution in [-0.2, 0) is 0 Å². The summed E-state index contributed by atoms with van der Waals surface area (Å²) in [4.78, 5) is 7.77. The molecule has 1 N–H and O–H groups in total. The predicted molar refractivity (Wildman–Crippen MR) is 75.6 cm³/mol. The molecule has 3 rings (SSSR count). The number of benzene rings is 1. The Morgan fingerprint density at radius 2 is 2.00 bits per heavy atom. The average Bonchev–Trinajstić information content (AvgIpc) is 2.85. The summed E-state index contributed by atoms with van der Waals surface area (Å²) in [5.41, 5.74) is 4.75. The second kappa shape index (κ2) is 4.30. The van der Waals surface area contributed by atoms with Gasteiger partial charge in [0.2, 0.25) is 0 Å². The maximum Gasteiger partial charge on any atom is 0.0736 e. The van der Waals surface area contributed by atoms with Crippen LogP contribution in [0.2, 0.25) is 0 Å². The lowest BCUT2D eigenvalue weighted by Gasteiger charge is -2.11. The van der Waals surface area contributed by atoms with Crippen LogP contribution in [0.3, 0.4) is 0 Å². The first-order chi connectivity index (χ1) is 8.75. The summed E-state index contributed by atoms with van der Waals surface area (Å²) in [6.45, 7) is 4.41. The third-order valence-corrected chi connectivity index (χ3v) is 3.29. The highest BCUT2D eigenvalue weighted by Crippen LogP contribution is 2.28. The SMILES string of the molecule is CC(C)c1cccnc1-c1ccc2[nH]ccc2c1. The molecule has 0 aliphatic carbocycles. The van der Waals surface area contributed by atoms with Gasteiger partial charge in [0.1, 0.15) is 0 Å². The molecule has 3 aromatic rings. The molecule has 0 bridgehead atoms. The maximum absolute atomic E-state index is 4.55. The van der Waals surface area contributed by atoms with Crippen LogP contribution < -0.4 is 0 Å². The first kappa shape index (κ1) is 11.0. The summed E-state index contributed by atoms with van der Waals surface area (Å²) in [6, 6.07) is 12.7. The van der Waals surface area contributed by atoms with Crippen molar-refractivity contribution in [3.05, 3.63) is 54.4 Å². The molecule has 2 aromatic heterocycles. The molecule has 18 heavy (non-hydrogen) atoms. The molecular formula is C16H16N2. The number of hydrogen-bond donors (Lipinski definition) is 1. The zero-order valence-corrected chi connectivity index (χ0v) is 10.6. The predicted octanol–water partition coefficient (Wildman–Crippen LogP) is 4.35. The van der Waals surface area contributed by atoms with Gasteiger partial charge in [-0.3, -0.25) is 4.98 Å². The normalized spacial score (nSPS) is 11.3. The topological polar surface area (TPSA) is 28.7 Å². The van der Waals surface area contributed by atoms with Crippen molar-refractivity contribution in [3.8, 4) is 11.3 Å². The van der Waals surface area contributed by atoms with Crippen LogP contribution in [-0.4, -0.2) is 9.97 Å². The van der Waals surface area contributed by atoms with E-state index in [-0.39, 0.29) is 0 Å². The molecule has 0 unspecified atom stereocenters. The molecule has 2 heteroatoms. The van der Waals surface area contributed by atoms with Crippen molar-refractivity contribution >= 4 is 10.9 Å². The Morgan fingerprint density at radius 3 is 2.83 bits per heavy atom. The fourth-order valence-corrected chi connectivity index (χ4v) is 2.33. The fourth-order valence-electron chi connectivity index (χ4n) is 2.33. The Labute approximate surface area is 107 Å². The number of hydrogen-bond acceptors (Lipinski definition) is 1. The highest BCUT2D eigenvalue weighted by molar-refractivity contribution is 5.84. The van der Waals surface area contributed by atoms with Crippen molar-refractivity contribution in [1.29, 1.82) is 0 Å². The fraction of sp³-hybridized carbons (Fsp3) is 0.188. The van der Waals surface area contributed by atoms with Crippen molar-refractivity contribution in [2.75, 3.05) is 0 Å². The first-order valence-electron chi connectivity index (χ1n) is 6.28. The highest BCUT2D eigenvalue weighted by atomic mass is 14.7. The van der Waals surface area contributed by atoms with Gasteiger partial charge in [-0.05, 0) is 35.7 Å². The van der Waals surface area contributed by atoms with Gasteiger partial charge in [-0.25, -0.2) is 0 Å². The van der Waals surface area contributed by atoms with Crippen molar-refractivity contribution in [2.24, 2.45) is 0 Å². The average molecular weight is 236 g/mol. The zero-order chi connectivity index (χ0) is 12.5. The van der Waals surface area contributed by atoms with Gasteiger partial charge in [0, 0.05) is 28.9 Å². The van der Waals surface area contributed by atoms with Gasteiger partial charge >= 0.3 is 0 Å². The Balaban J connectivity index is 2.19. The number of fused-ring (bicyclic) bond motifs is 1. The maximum atomic E-state index is 4.55. The third-order valence-electron chi connectivity index (χ3n) is 3.29. The molecule has 1 aromatic carbocycles. The molecule has 0 fully saturated rings. The van der Waals surface area contributed by atoms with E-state index in [1.54, 1.807) is 0 Å². The van der Waals surface area contributed by atoms with Crippen molar-refractivity contribution < 1.29 is 0 Å². The van der Waals surface area contributed by atoms with Gasteiger partial charge in [0.05, 0.1) is 5.69 Å². The van der Waals surface area contributed by atoms with Crippen LogP contribution in [0.1, 0.15) is 25.3 Å². The summed E-state index contributed by atoms with van der Waals surface area (Å²) in [5.74, 6) is 0.482. The van der Waals surface area contributed by atoms with Crippen LogP contribution in [0.25, 0.3) is 22.2 Å². The van der Waals surface area contributed by atoms with Crippen LogP contribution in [0.5, 0.6) is 0 Å². The molecule has 0 amide bonds. The number of H-pyrrole nitrogens is 1. The van der Waals surface area contributed by atoms with Crippen molar-refractivity contribution in [2.45, 2.75) is 19.8 Å². The van der Waals surface area contributed by atoms with E-state index in [0.29, 0.717) is 5.92 Å². The summed E-state index contributed by atoms with van der Waals surface area (Å²) in [7, 11) is 0. The number of pyridine rings is 1. The summed E-state index contributed by atoms with van der Waals surface area (Å²) >= 11 is 0. The monoisotopic (exact) mass is 236 g/mol. The summed E-state index contributed by atoms with van der Waals surface area (Å²) in [5, 5.41) is 1.23. The van der Waals surface area contributed by atoms with E-state index in [4.69, 9.17) is 0 Å². The smallest absolute Gasteiger partial charge is 0.0736 e. The van der Waals surface area contributed by atoms with Crippen molar-refractivity contribution in [3.63, 3.8) is 0 Å². The van der Waals surface area contributed by atoms with E-state index in [1.807, 2.05) is 18.5 Å². The molecule has 0 aliphatic heterocycles. The van der Waals surface area contributed by atoms with Crippen LogP contribution >= 0.6 is 0 Å². The van der Waals surface area contributed by atoms with Gasteiger partial charge in [-0.2, -0.15) is 0 Å². The van der Waals surface area contributed by atoms with E-state index < -0.39 is 0 Å². The first-order valence-corrected chi connectivity index (χ1v) is 6.28. The molecular weight excluding hydrogens is 220 g/mol. The third kappa shape index (κ3) is 1.80. The minimum Gasteiger partial charge on any atom is -0.361 e. The quantitative estimate of drug-likeness (QED) is 0.704. The van der Waals surface area contributed by atoms with E-state index >= 15 is 0 Å². The Kier molecular flexibility index (Phi) is 2.63. The Bertz CT molecular complexity index is 680. The van der Waals surface area contributed by atoms with E-state index in [1.165, 1.54) is 22.0 Å².